The average Bonchev–Trinajstić information content (AvgIpc) is 2.68. The van der Waals surface area contributed by atoms with Crippen molar-refractivity contribution in [3.05, 3.63) is 59.7 Å². The maximum Gasteiger partial charge on any atom is 0.126 e. The van der Waals surface area contributed by atoms with Gasteiger partial charge >= 0.3 is 0 Å². The van der Waals surface area contributed by atoms with Crippen molar-refractivity contribution in [1.29, 1.82) is 0 Å². The number of ether oxygens (including phenoxy) is 4. The fourth-order valence-electron chi connectivity index (χ4n) is 2.73. The molecule has 160 valence electrons. The van der Waals surface area contributed by atoms with Gasteiger partial charge in [-0.1, -0.05) is 44.2 Å². The highest BCUT2D eigenvalue weighted by Gasteiger charge is 2.09. The molecule has 0 aliphatic heterocycles. The summed E-state index contributed by atoms with van der Waals surface area (Å²) in [4.78, 5) is 0. The third-order valence-electron chi connectivity index (χ3n) is 4.37. The lowest BCUT2D eigenvalue weighted by molar-refractivity contribution is -0.0152. The molecule has 0 radical (unpaired) electrons. The van der Waals surface area contributed by atoms with Crippen molar-refractivity contribution >= 4 is 0 Å². The highest BCUT2D eigenvalue weighted by atomic mass is 16.5. The van der Waals surface area contributed by atoms with E-state index >= 15 is 0 Å². The second-order valence-corrected chi connectivity index (χ2v) is 8.40. The van der Waals surface area contributed by atoms with Crippen LogP contribution in [-0.4, -0.2) is 32.0 Å². The van der Waals surface area contributed by atoms with Crippen molar-refractivity contribution in [2.75, 3.05) is 26.4 Å². The van der Waals surface area contributed by atoms with Gasteiger partial charge in [0.2, 0.25) is 0 Å². The smallest absolute Gasteiger partial charge is 0.126 e. The van der Waals surface area contributed by atoms with Crippen LogP contribution in [0.1, 0.15) is 58.1 Å². The van der Waals surface area contributed by atoms with Gasteiger partial charge in [-0.25, -0.2) is 0 Å². The van der Waals surface area contributed by atoms with Crippen molar-refractivity contribution in [2.45, 2.75) is 59.2 Å². The monoisotopic (exact) mass is 400 g/mol. The summed E-state index contributed by atoms with van der Waals surface area (Å²) in [5.74, 6) is 2.22. The zero-order valence-electron chi connectivity index (χ0n) is 18.6. The Bertz CT molecular complexity index is 702. The molecule has 0 aliphatic carbocycles. The predicted molar refractivity (Wildman–Crippen MR) is 118 cm³/mol. The van der Waals surface area contributed by atoms with Gasteiger partial charge in [0.25, 0.3) is 0 Å². The molecule has 0 amide bonds. The van der Waals surface area contributed by atoms with Crippen LogP contribution in [0.15, 0.2) is 48.5 Å². The Morgan fingerprint density at radius 1 is 0.793 bits per heavy atom. The first-order valence-corrected chi connectivity index (χ1v) is 10.5. The van der Waals surface area contributed by atoms with Crippen LogP contribution in [-0.2, 0) is 16.1 Å². The Kier molecular flexibility index (Phi) is 9.49. The second-order valence-electron chi connectivity index (χ2n) is 8.40. The van der Waals surface area contributed by atoms with Gasteiger partial charge < -0.3 is 18.9 Å². The lowest BCUT2D eigenvalue weighted by Gasteiger charge is -2.19. The van der Waals surface area contributed by atoms with Crippen LogP contribution in [0.3, 0.4) is 0 Å². The van der Waals surface area contributed by atoms with E-state index in [1.165, 1.54) is 5.56 Å². The van der Waals surface area contributed by atoms with Crippen LogP contribution in [0.25, 0.3) is 0 Å². The number of hydrogen-bond donors (Lipinski definition) is 0. The van der Waals surface area contributed by atoms with Crippen LogP contribution >= 0.6 is 0 Å². The van der Waals surface area contributed by atoms with Gasteiger partial charge in [-0.15, -0.1) is 0 Å². The Balaban J connectivity index is 1.70. The Morgan fingerprint density at radius 2 is 1.52 bits per heavy atom. The van der Waals surface area contributed by atoms with Crippen molar-refractivity contribution in [3.63, 3.8) is 0 Å². The van der Waals surface area contributed by atoms with E-state index in [0.29, 0.717) is 39.0 Å². The highest BCUT2D eigenvalue weighted by molar-refractivity contribution is 5.34. The summed E-state index contributed by atoms with van der Waals surface area (Å²) in [5, 5.41) is 0. The molecular weight excluding hydrogens is 364 g/mol. The van der Waals surface area contributed by atoms with Gasteiger partial charge in [-0.2, -0.15) is 0 Å². The molecule has 0 saturated carbocycles. The van der Waals surface area contributed by atoms with E-state index in [1.807, 2.05) is 36.4 Å². The zero-order chi connectivity index (χ0) is 21.1. The molecule has 4 heteroatoms. The van der Waals surface area contributed by atoms with Crippen LogP contribution in [0.4, 0.5) is 0 Å². The highest BCUT2D eigenvalue weighted by Crippen LogP contribution is 2.22. The molecule has 0 aromatic heterocycles. The van der Waals surface area contributed by atoms with E-state index < -0.39 is 0 Å². The summed E-state index contributed by atoms with van der Waals surface area (Å²) in [6, 6.07) is 16.3. The van der Waals surface area contributed by atoms with Gasteiger partial charge in [-0.3, -0.25) is 0 Å². The summed E-state index contributed by atoms with van der Waals surface area (Å²) in [5.41, 5.74) is 2.25. The lowest BCUT2D eigenvalue weighted by Crippen LogP contribution is -2.20. The van der Waals surface area contributed by atoms with E-state index in [1.54, 1.807) is 0 Å². The third kappa shape index (κ3) is 9.33. The minimum atomic E-state index is -0.0919. The van der Waals surface area contributed by atoms with Crippen LogP contribution < -0.4 is 9.47 Å². The molecule has 0 saturated heterocycles. The Labute approximate surface area is 176 Å². The molecule has 0 spiro atoms. The Hall–Kier alpha value is -2.04. The fourth-order valence-corrected chi connectivity index (χ4v) is 2.73. The van der Waals surface area contributed by atoms with Crippen LogP contribution in [0.2, 0.25) is 0 Å². The SMILES string of the molecule is CC(C)c1ccc(OCc2ccccc2OCCOCCCOC(C)(C)C)cc1. The molecule has 0 N–H and O–H groups in total. The summed E-state index contributed by atoms with van der Waals surface area (Å²) >= 11 is 0. The number of benzene rings is 2. The minimum Gasteiger partial charge on any atom is -0.491 e. The van der Waals surface area contributed by atoms with Gasteiger partial charge in [0.1, 0.15) is 24.7 Å². The predicted octanol–water partition coefficient (Wildman–Crippen LogP) is 5.99. The quantitative estimate of drug-likeness (QED) is 0.410. The fraction of sp³-hybridized carbons (Fsp3) is 0.520. The molecule has 0 fully saturated rings. The van der Waals surface area contributed by atoms with Crippen molar-refractivity contribution in [2.24, 2.45) is 0 Å². The lowest BCUT2D eigenvalue weighted by atomic mass is 10.0. The van der Waals surface area contributed by atoms with Crippen LogP contribution in [0, 0.1) is 0 Å². The first-order chi connectivity index (χ1) is 13.8. The second kappa shape index (κ2) is 11.8. The first kappa shape index (κ1) is 23.2. The van der Waals surface area contributed by atoms with Gasteiger partial charge in [0, 0.05) is 18.8 Å². The van der Waals surface area contributed by atoms with Crippen molar-refractivity contribution in [1.82, 2.24) is 0 Å². The summed E-state index contributed by atoms with van der Waals surface area (Å²) in [6.07, 6.45) is 0.886. The van der Waals surface area contributed by atoms with E-state index in [0.717, 1.165) is 23.5 Å². The molecule has 0 unspecified atom stereocenters. The van der Waals surface area contributed by atoms with Gasteiger partial charge in [0.05, 0.1) is 12.2 Å². The first-order valence-electron chi connectivity index (χ1n) is 10.5. The molecule has 29 heavy (non-hydrogen) atoms. The maximum absolute atomic E-state index is 5.94. The van der Waals surface area contributed by atoms with Gasteiger partial charge in [0.15, 0.2) is 0 Å². The summed E-state index contributed by atoms with van der Waals surface area (Å²) in [7, 11) is 0. The van der Waals surface area contributed by atoms with Crippen LogP contribution in [0.5, 0.6) is 11.5 Å². The average molecular weight is 401 g/mol. The standard InChI is InChI=1S/C25H36O4/c1-20(2)21-11-13-23(14-12-21)28-19-22-9-6-7-10-24(22)27-18-17-26-15-8-16-29-25(3,4)5/h6-7,9-14,20H,8,15-19H2,1-5H3. The maximum atomic E-state index is 5.94. The molecule has 0 heterocycles. The number of rotatable bonds is 12. The van der Waals surface area contributed by atoms with Crippen molar-refractivity contribution in [3.8, 4) is 11.5 Å². The number of hydrogen-bond acceptors (Lipinski definition) is 4. The molecule has 2 aromatic carbocycles. The molecule has 4 nitrogen and oxygen atoms in total. The zero-order valence-corrected chi connectivity index (χ0v) is 18.6. The van der Waals surface area contributed by atoms with E-state index in [-0.39, 0.29) is 5.60 Å². The molecule has 2 rings (SSSR count). The molecule has 2 aromatic rings. The molecule has 0 aliphatic rings. The number of para-hydroxylation sites is 1. The summed E-state index contributed by atoms with van der Waals surface area (Å²) < 4.78 is 23.2. The Morgan fingerprint density at radius 3 is 2.21 bits per heavy atom. The van der Waals surface area contributed by atoms with E-state index in [2.05, 4.69) is 46.8 Å². The van der Waals surface area contributed by atoms with E-state index in [4.69, 9.17) is 18.9 Å². The van der Waals surface area contributed by atoms with E-state index in [9.17, 15) is 0 Å². The molecular formula is C25H36O4. The topological polar surface area (TPSA) is 36.9 Å². The summed E-state index contributed by atoms with van der Waals surface area (Å²) in [6.45, 7) is 13.5. The van der Waals surface area contributed by atoms with Gasteiger partial charge in [-0.05, 0) is 56.9 Å². The minimum absolute atomic E-state index is 0.0919. The molecule has 0 atom stereocenters. The largest absolute Gasteiger partial charge is 0.491 e. The third-order valence-corrected chi connectivity index (χ3v) is 4.37. The van der Waals surface area contributed by atoms with Crippen molar-refractivity contribution < 1.29 is 18.9 Å². The normalized spacial score (nSPS) is 11.7. The molecule has 0 bridgehead atoms.